The summed E-state index contributed by atoms with van der Waals surface area (Å²) in [4.78, 5) is 26.0. The van der Waals surface area contributed by atoms with Gasteiger partial charge in [0.2, 0.25) is 0 Å². The Balaban J connectivity index is 2.43. The zero-order valence-corrected chi connectivity index (χ0v) is 11.1. The van der Waals surface area contributed by atoms with Crippen LogP contribution in [0.2, 0.25) is 0 Å². The van der Waals surface area contributed by atoms with Gasteiger partial charge >= 0.3 is 11.7 Å². The van der Waals surface area contributed by atoms with Gasteiger partial charge in [-0.15, -0.1) is 0 Å². The number of carbonyl (C=O) groups excluding carboxylic acids is 1. The first-order chi connectivity index (χ1) is 8.63. The van der Waals surface area contributed by atoms with Crippen molar-refractivity contribution in [2.45, 2.75) is 39.2 Å². The summed E-state index contributed by atoms with van der Waals surface area (Å²) in [5, 5.41) is 0. The highest BCUT2D eigenvalue weighted by Gasteiger charge is 2.18. The summed E-state index contributed by atoms with van der Waals surface area (Å²) < 4.78 is 6.85. The van der Waals surface area contributed by atoms with Crippen LogP contribution in [-0.4, -0.2) is 22.1 Å². The number of fused-ring (bicyclic) bond motifs is 1. The van der Waals surface area contributed by atoms with Gasteiger partial charge < -0.3 is 4.74 Å². The molecular weight excluding hydrogens is 252 g/mol. The second-order valence-corrected chi connectivity index (χ2v) is 4.69. The standard InChI is InChI=1S/C12H16N2O3S/c1-2-17-10(15)7-14-9-6-4-3-5-8(9)11(18)13-12(14)16/h2-7H2,1H3,(H,13,16,18). The van der Waals surface area contributed by atoms with E-state index in [1.165, 1.54) is 4.57 Å². The van der Waals surface area contributed by atoms with Crippen molar-refractivity contribution < 1.29 is 9.53 Å². The van der Waals surface area contributed by atoms with Crippen molar-refractivity contribution in [2.75, 3.05) is 6.61 Å². The molecule has 0 amide bonds. The lowest BCUT2D eigenvalue weighted by atomic mass is 9.97. The average Bonchev–Trinajstić information content (AvgIpc) is 2.35. The Bertz CT molecular complexity index is 574. The molecule has 1 aromatic heterocycles. The zero-order valence-electron chi connectivity index (χ0n) is 10.3. The number of esters is 1. The van der Waals surface area contributed by atoms with Gasteiger partial charge in [-0.05, 0) is 32.6 Å². The summed E-state index contributed by atoms with van der Waals surface area (Å²) in [6.07, 6.45) is 3.76. The van der Waals surface area contributed by atoms with Gasteiger partial charge in [0, 0.05) is 11.3 Å². The number of hydrogen-bond acceptors (Lipinski definition) is 4. The van der Waals surface area contributed by atoms with Crippen molar-refractivity contribution in [1.29, 1.82) is 0 Å². The quantitative estimate of drug-likeness (QED) is 0.664. The molecule has 0 atom stereocenters. The molecule has 1 aromatic rings. The highest BCUT2D eigenvalue weighted by Crippen LogP contribution is 2.20. The molecule has 1 aliphatic carbocycles. The summed E-state index contributed by atoms with van der Waals surface area (Å²) in [5.74, 6) is -0.391. The maximum Gasteiger partial charge on any atom is 0.327 e. The lowest BCUT2D eigenvalue weighted by Gasteiger charge is -2.20. The molecule has 1 aliphatic rings. The van der Waals surface area contributed by atoms with E-state index >= 15 is 0 Å². The molecule has 1 N–H and O–H groups in total. The number of rotatable bonds is 3. The molecule has 18 heavy (non-hydrogen) atoms. The van der Waals surface area contributed by atoms with Gasteiger partial charge in [0.15, 0.2) is 0 Å². The third kappa shape index (κ3) is 2.53. The van der Waals surface area contributed by atoms with E-state index in [0.717, 1.165) is 36.9 Å². The second kappa shape index (κ2) is 5.48. The Hall–Kier alpha value is -1.43. The molecule has 0 fully saturated rings. The van der Waals surface area contributed by atoms with Crippen molar-refractivity contribution in [1.82, 2.24) is 9.55 Å². The van der Waals surface area contributed by atoms with Crippen LogP contribution in [0.15, 0.2) is 4.79 Å². The van der Waals surface area contributed by atoms with E-state index in [9.17, 15) is 9.59 Å². The van der Waals surface area contributed by atoms with Gasteiger partial charge in [-0.25, -0.2) is 4.79 Å². The van der Waals surface area contributed by atoms with Gasteiger partial charge in [0.05, 0.1) is 6.61 Å². The summed E-state index contributed by atoms with van der Waals surface area (Å²) in [6, 6.07) is 0. The van der Waals surface area contributed by atoms with E-state index in [-0.39, 0.29) is 12.2 Å². The number of carbonyl (C=O) groups is 1. The zero-order chi connectivity index (χ0) is 13.1. The first kappa shape index (κ1) is 13.0. The predicted molar refractivity (Wildman–Crippen MR) is 69.2 cm³/mol. The van der Waals surface area contributed by atoms with Crippen LogP contribution in [0.4, 0.5) is 0 Å². The molecule has 0 aliphatic heterocycles. The molecule has 5 nitrogen and oxygen atoms in total. The number of H-pyrrole nitrogens is 1. The molecule has 0 bridgehead atoms. The summed E-state index contributed by atoms with van der Waals surface area (Å²) in [6.45, 7) is 2.02. The molecule has 6 heteroatoms. The van der Waals surface area contributed by atoms with E-state index in [1.807, 2.05) is 0 Å². The van der Waals surface area contributed by atoms with Crippen LogP contribution in [0.5, 0.6) is 0 Å². The number of aromatic amines is 1. The number of nitrogens with zero attached hydrogens (tertiary/aromatic N) is 1. The molecule has 1 heterocycles. The van der Waals surface area contributed by atoms with Crippen LogP contribution < -0.4 is 5.69 Å². The Kier molecular flexibility index (Phi) is 3.96. The van der Waals surface area contributed by atoms with Crippen LogP contribution in [-0.2, 0) is 28.9 Å². The van der Waals surface area contributed by atoms with E-state index in [1.54, 1.807) is 6.92 Å². The first-order valence-electron chi connectivity index (χ1n) is 6.14. The van der Waals surface area contributed by atoms with E-state index in [0.29, 0.717) is 11.2 Å². The highest BCUT2D eigenvalue weighted by molar-refractivity contribution is 7.71. The lowest BCUT2D eigenvalue weighted by Crippen LogP contribution is -2.32. The molecule has 2 rings (SSSR count). The van der Waals surface area contributed by atoms with Gasteiger partial charge in [-0.1, -0.05) is 12.2 Å². The lowest BCUT2D eigenvalue weighted by molar-refractivity contribution is -0.143. The predicted octanol–water partition coefficient (Wildman–Crippen LogP) is 1.35. The largest absolute Gasteiger partial charge is 0.465 e. The van der Waals surface area contributed by atoms with E-state index in [2.05, 4.69) is 4.98 Å². The van der Waals surface area contributed by atoms with Gasteiger partial charge in [0.25, 0.3) is 0 Å². The number of ether oxygens (including phenoxy) is 1. The normalized spacial score (nSPS) is 14.1. The second-order valence-electron chi connectivity index (χ2n) is 4.28. The molecule has 0 radical (unpaired) electrons. The Labute approximate surface area is 110 Å². The summed E-state index contributed by atoms with van der Waals surface area (Å²) >= 11 is 5.17. The third-order valence-corrected chi connectivity index (χ3v) is 3.45. The molecule has 0 unspecified atom stereocenters. The maximum absolute atomic E-state index is 11.9. The monoisotopic (exact) mass is 268 g/mol. The SMILES string of the molecule is CCOC(=O)Cn1c2c(c(=S)[nH]c1=O)CCCC2. The minimum Gasteiger partial charge on any atom is -0.465 e. The fourth-order valence-corrected chi connectivity index (χ4v) is 2.60. The molecule has 0 saturated heterocycles. The van der Waals surface area contributed by atoms with Crippen molar-refractivity contribution in [3.05, 3.63) is 26.4 Å². The van der Waals surface area contributed by atoms with Crippen molar-refractivity contribution in [3.63, 3.8) is 0 Å². The smallest absolute Gasteiger partial charge is 0.327 e. The van der Waals surface area contributed by atoms with Crippen molar-refractivity contribution in [2.24, 2.45) is 0 Å². The van der Waals surface area contributed by atoms with Crippen molar-refractivity contribution in [3.8, 4) is 0 Å². The minimum atomic E-state index is -0.391. The first-order valence-corrected chi connectivity index (χ1v) is 6.54. The van der Waals surface area contributed by atoms with Crippen LogP contribution in [0.1, 0.15) is 31.0 Å². The average molecular weight is 268 g/mol. The van der Waals surface area contributed by atoms with Gasteiger partial charge in [0.1, 0.15) is 11.2 Å². The maximum atomic E-state index is 11.9. The molecule has 98 valence electrons. The summed E-state index contributed by atoms with van der Waals surface area (Å²) in [5.41, 5.74) is 1.57. The molecule has 0 spiro atoms. The Morgan fingerprint density at radius 1 is 1.44 bits per heavy atom. The fraction of sp³-hybridized carbons (Fsp3) is 0.583. The van der Waals surface area contributed by atoms with E-state index in [4.69, 9.17) is 17.0 Å². The van der Waals surface area contributed by atoms with E-state index < -0.39 is 5.97 Å². The summed E-state index contributed by atoms with van der Waals surface area (Å²) in [7, 11) is 0. The number of hydrogen-bond donors (Lipinski definition) is 1. The van der Waals surface area contributed by atoms with Crippen LogP contribution in [0, 0.1) is 4.64 Å². The van der Waals surface area contributed by atoms with Crippen molar-refractivity contribution >= 4 is 18.2 Å². The molecule has 0 saturated carbocycles. The fourth-order valence-electron chi connectivity index (χ4n) is 2.30. The minimum absolute atomic E-state index is 0.0406. The molecular formula is C12H16N2O3S. The Morgan fingerprint density at radius 3 is 2.89 bits per heavy atom. The van der Waals surface area contributed by atoms with Gasteiger partial charge in [-0.2, -0.15) is 0 Å². The van der Waals surface area contributed by atoms with Crippen LogP contribution >= 0.6 is 12.2 Å². The van der Waals surface area contributed by atoms with Crippen LogP contribution in [0.3, 0.4) is 0 Å². The topological polar surface area (TPSA) is 64.1 Å². The third-order valence-electron chi connectivity index (χ3n) is 3.10. The number of nitrogens with one attached hydrogen (secondary N) is 1. The molecule has 0 aromatic carbocycles. The number of aromatic nitrogens is 2. The Morgan fingerprint density at radius 2 is 2.17 bits per heavy atom. The van der Waals surface area contributed by atoms with Crippen LogP contribution in [0.25, 0.3) is 0 Å². The highest BCUT2D eigenvalue weighted by atomic mass is 32.1. The van der Waals surface area contributed by atoms with Gasteiger partial charge in [-0.3, -0.25) is 14.3 Å².